The van der Waals surface area contributed by atoms with Gasteiger partial charge >= 0.3 is 0 Å². The monoisotopic (exact) mass is 414 g/mol. The fourth-order valence-corrected chi connectivity index (χ4v) is 4.43. The summed E-state index contributed by atoms with van der Waals surface area (Å²) in [7, 11) is 0. The Morgan fingerprint density at radius 2 is 1.83 bits per heavy atom. The summed E-state index contributed by atoms with van der Waals surface area (Å²) in [6, 6.07) is 4.30. The third kappa shape index (κ3) is 3.88. The van der Waals surface area contributed by atoms with Gasteiger partial charge in [-0.3, -0.25) is 34.3 Å². The Kier molecular flexibility index (Phi) is 5.94. The van der Waals surface area contributed by atoms with Gasteiger partial charge in [0.2, 0.25) is 11.8 Å². The van der Waals surface area contributed by atoms with Gasteiger partial charge in [0.1, 0.15) is 6.04 Å². The van der Waals surface area contributed by atoms with E-state index < -0.39 is 23.8 Å². The number of nitrogens with two attached hydrogens (primary N) is 1. The first kappa shape index (κ1) is 20.6. The minimum atomic E-state index is -0.946. The molecule has 1 aromatic carbocycles. The highest BCUT2D eigenvalue weighted by atomic mass is 16.5. The first-order chi connectivity index (χ1) is 14.5. The molecular weight excluding hydrogens is 388 g/mol. The van der Waals surface area contributed by atoms with Crippen molar-refractivity contribution in [2.45, 2.75) is 44.4 Å². The van der Waals surface area contributed by atoms with Crippen molar-refractivity contribution in [3.8, 4) is 0 Å². The zero-order valence-corrected chi connectivity index (χ0v) is 16.8. The smallest absolute Gasteiger partial charge is 0.262 e. The lowest BCUT2D eigenvalue weighted by atomic mass is 10.0. The number of likely N-dealkylation sites (tertiary alicyclic amines) is 1. The Hall–Kier alpha value is -2.62. The number of amides is 4. The van der Waals surface area contributed by atoms with Gasteiger partial charge < -0.3 is 10.5 Å². The van der Waals surface area contributed by atoms with E-state index in [-0.39, 0.29) is 24.9 Å². The molecule has 0 bridgehead atoms. The van der Waals surface area contributed by atoms with Crippen LogP contribution in [-0.2, 0) is 20.9 Å². The first-order valence-electron chi connectivity index (χ1n) is 10.4. The van der Waals surface area contributed by atoms with Crippen LogP contribution in [0.1, 0.15) is 52.0 Å². The minimum Gasteiger partial charge on any atom is -0.377 e. The normalized spacial score (nSPS) is 23.1. The molecule has 2 fully saturated rings. The number of ether oxygens (including phenoxy) is 1. The van der Waals surface area contributed by atoms with Crippen LogP contribution in [0.25, 0.3) is 0 Å². The molecule has 3 N–H and O–H groups in total. The number of imide groups is 2. The highest BCUT2D eigenvalue weighted by Gasteiger charge is 2.45. The predicted octanol–water partition coefficient (Wildman–Crippen LogP) is 0.0275. The molecule has 3 aliphatic heterocycles. The van der Waals surface area contributed by atoms with Gasteiger partial charge in [0, 0.05) is 32.6 Å². The van der Waals surface area contributed by atoms with E-state index >= 15 is 0 Å². The third-order valence-corrected chi connectivity index (χ3v) is 5.95. The van der Waals surface area contributed by atoms with Gasteiger partial charge in [-0.2, -0.15) is 0 Å². The Balaban J connectivity index is 1.48. The molecule has 0 aliphatic carbocycles. The molecule has 0 aromatic heterocycles. The van der Waals surface area contributed by atoms with E-state index in [4.69, 9.17) is 10.5 Å². The van der Waals surface area contributed by atoms with Crippen molar-refractivity contribution in [1.29, 1.82) is 0 Å². The maximum Gasteiger partial charge on any atom is 0.262 e. The van der Waals surface area contributed by atoms with Crippen LogP contribution in [-0.4, -0.2) is 71.8 Å². The summed E-state index contributed by atoms with van der Waals surface area (Å²) >= 11 is 0. The lowest BCUT2D eigenvalue weighted by Gasteiger charge is -2.32. The van der Waals surface area contributed by atoms with E-state index in [1.165, 1.54) is 0 Å². The number of rotatable bonds is 6. The number of piperidine rings is 2. The molecule has 30 heavy (non-hydrogen) atoms. The molecule has 1 unspecified atom stereocenters. The molecule has 0 saturated carbocycles. The fraction of sp³-hybridized carbons (Fsp3) is 0.524. The van der Waals surface area contributed by atoms with Crippen LogP contribution in [0.3, 0.4) is 0 Å². The summed E-state index contributed by atoms with van der Waals surface area (Å²) in [6.07, 6.45) is 2.26. The van der Waals surface area contributed by atoms with Gasteiger partial charge in [-0.25, -0.2) is 0 Å². The number of fused-ring (bicyclic) bond motifs is 1. The van der Waals surface area contributed by atoms with E-state index in [9.17, 15) is 19.2 Å². The van der Waals surface area contributed by atoms with Crippen LogP contribution in [0.2, 0.25) is 0 Å². The molecule has 4 rings (SSSR count). The van der Waals surface area contributed by atoms with E-state index in [2.05, 4.69) is 10.2 Å². The van der Waals surface area contributed by atoms with E-state index in [1.54, 1.807) is 12.1 Å². The average molecular weight is 414 g/mol. The van der Waals surface area contributed by atoms with Gasteiger partial charge in [-0.15, -0.1) is 0 Å². The van der Waals surface area contributed by atoms with E-state index in [0.717, 1.165) is 36.4 Å². The van der Waals surface area contributed by atoms with Crippen molar-refractivity contribution in [3.05, 3.63) is 34.9 Å². The summed E-state index contributed by atoms with van der Waals surface area (Å²) in [5.74, 6) is -1.91. The van der Waals surface area contributed by atoms with Crippen LogP contribution in [0, 0.1) is 0 Å². The Morgan fingerprint density at radius 1 is 1.07 bits per heavy atom. The van der Waals surface area contributed by atoms with Crippen LogP contribution in [0.15, 0.2) is 18.2 Å². The summed E-state index contributed by atoms with van der Waals surface area (Å²) in [5, 5.41) is 2.22. The molecule has 160 valence electrons. The van der Waals surface area contributed by atoms with Crippen LogP contribution >= 0.6 is 0 Å². The predicted molar refractivity (Wildman–Crippen MR) is 106 cm³/mol. The highest BCUT2D eigenvalue weighted by molar-refractivity contribution is 6.24. The third-order valence-electron chi connectivity index (χ3n) is 5.95. The number of carbonyl (C=O) groups excluding carboxylic acids is 4. The van der Waals surface area contributed by atoms with Gasteiger partial charge in [0.05, 0.1) is 23.8 Å². The number of hydrogen-bond donors (Lipinski definition) is 2. The van der Waals surface area contributed by atoms with Crippen molar-refractivity contribution in [1.82, 2.24) is 15.1 Å². The molecule has 2 saturated heterocycles. The number of nitrogens with zero attached hydrogens (tertiary/aromatic N) is 2. The molecule has 3 aliphatic rings. The second kappa shape index (κ2) is 8.63. The molecule has 0 spiro atoms. The van der Waals surface area contributed by atoms with Gasteiger partial charge in [-0.1, -0.05) is 12.1 Å². The molecule has 1 aromatic rings. The summed E-state index contributed by atoms with van der Waals surface area (Å²) in [6.45, 7) is 3.28. The maximum absolute atomic E-state index is 13.2. The molecule has 9 heteroatoms. The van der Waals surface area contributed by atoms with Gasteiger partial charge in [-0.05, 0) is 30.9 Å². The second-order valence-corrected chi connectivity index (χ2v) is 7.92. The van der Waals surface area contributed by atoms with Gasteiger partial charge in [0.15, 0.2) is 0 Å². The zero-order chi connectivity index (χ0) is 21.3. The molecular formula is C21H26N4O5. The van der Waals surface area contributed by atoms with E-state index in [0.29, 0.717) is 30.8 Å². The van der Waals surface area contributed by atoms with Crippen molar-refractivity contribution in [3.63, 3.8) is 0 Å². The lowest BCUT2D eigenvalue weighted by molar-refractivity contribution is -0.136. The molecule has 1 atom stereocenters. The standard InChI is InChI=1S/C21H26N4O5/c22-8-11-30-14-6-9-24(10-7-14)12-13-2-1-3-15-18(13)21(29)25(20(15)28)16-4-5-17(26)23-19(16)27/h1-3,14,16H,4-12,22H2,(H,23,26,27). The first-order valence-corrected chi connectivity index (χ1v) is 10.4. The topological polar surface area (TPSA) is 122 Å². The average Bonchev–Trinajstić information content (AvgIpc) is 2.99. The summed E-state index contributed by atoms with van der Waals surface area (Å²) in [5.41, 5.74) is 6.96. The zero-order valence-electron chi connectivity index (χ0n) is 16.8. The SMILES string of the molecule is NCCOC1CCN(Cc2cccc3c2C(=O)N(C2CCC(=O)NC2=O)C3=O)CC1. The Morgan fingerprint density at radius 3 is 2.53 bits per heavy atom. The Bertz CT molecular complexity index is 878. The quantitative estimate of drug-likeness (QED) is 0.630. The van der Waals surface area contributed by atoms with Gasteiger partial charge in [0.25, 0.3) is 11.8 Å². The van der Waals surface area contributed by atoms with Crippen molar-refractivity contribution in [2.75, 3.05) is 26.2 Å². The van der Waals surface area contributed by atoms with Crippen LogP contribution < -0.4 is 11.1 Å². The molecule has 0 radical (unpaired) electrons. The lowest BCUT2D eigenvalue weighted by Crippen LogP contribution is -2.54. The largest absolute Gasteiger partial charge is 0.377 e. The second-order valence-electron chi connectivity index (χ2n) is 7.92. The fourth-order valence-electron chi connectivity index (χ4n) is 4.43. The molecule has 9 nitrogen and oxygen atoms in total. The van der Waals surface area contributed by atoms with E-state index in [1.807, 2.05) is 6.07 Å². The number of benzene rings is 1. The number of nitrogens with one attached hydrogen (secondary N) is 1. The van der Waals surface area contributed by atoms with Crippen LogP contribution in [0.5, 0.6) is 0 Å². The highest BCUT2D eigenvalue weighted by Crippen LogP contribution is 2.31. The number of hydrogen-bond acceptors (Lipinski definition) is 7. The maximum atomic E-state index is 13.2. The van der Waals surface area contributed by atoms with Crippen molar-refractivity contribution >= 4 is 23.6 Å². The number of carbonyl (C=O) groups is 4. The molecule has 3 heterocycles. The minimum absolute atomic E-state index is 0.109. The summed E-state index contributed by atoms with van der Waals surface area (Å²) < 4.78 is 5.72. The van der Waals surface area contributed by atoms with Crippen molar-refractivity contribution in [2.24, 2.45) is 5.73 Å². The summed E-state index contributed by atoms with van der Waals surface area (Å²) in [4.78, 5) is 53.0. The van der Waals surface area contributed by atoms with Crippen LogP contribution in [0.4, 0.5) is 0 Å². The van der Waals surface area contributed by atoms with Crippen molar-refractivity contribution < 1.29 is 23.9 Å². The Labute approximate surface area is 174 Å². The molecule has 4 amide bonds.